The lowest BCUT2D eigenvalue weighted by molar-refractivity contribution is 0.101. The topological polar surface area (TPSA) is 70.2 Å². The number of nitrogens with one attached hydrogen (secondary N) is 3. The highest BCUT2D eigenvalue weighted by molar-refractivity contribution is 5.96. The Balaban J connectivity index is 1.30. The number of urea groups is 1. The molecule has 2 amide bonds. The van der Waals surface area contributed by atoms with Crippen LogP contribution in [0.15, 0.2) is 48.5 Å². The molecule has 0 radical (unpaired) electrons. The van der Waals surface area contributed by atoms with Crippen LogP contribution in [0.5, 0.6) is 0 Å². The fraction of sp³-hybridized carbons (Fsp3) is 0.500. The first-order valence-corrected chi connectivity index (χ1v) is 12.7. The Labute approximate surface area is 201 Å². The number of carbonyl (C=O) groups excluding carboxylic acids is 2. The first-order chi connectivity index (χ1) is 16.5. The van der Waals surface area contributed by atoms with E-state index in [1.165, 1.54) is 31.7 Å². The van der Waals surface area contributed by atoms with Gasteiger partial charge in [0.05, 0.1) is 0 Å². The number of hydrogen-bond donors (Lipinski definition) is 3. The summed E-state index contributed by atoms with van der Waals surface area (Å²) in [4.78, 5) is 24.3. The number of rotatable bonds is 7. The third-order valence-electron chi connectivity index (χ3n) is 7.28. The van der Waals surface area contributed by atoms with E-state index in [-0.39, 0.29) is 29.7 Å². The number of amides is 2. The van der Waals surface area contributed by atoms with Crippen molar-refractivity contribution < 1.29 is 14.0 Å². The Morgan fingerprint density at radius 1 is 0.941 bits per heavy atom. The Morgan fingerprint density at radius 2 is 1.71 bits per heavy atom. The van der Waals surface area contributed by atoms with E-state index in [9.17, 15) is 14.0 Å². The maximum absolute atomic E-state index is 13.2. The van der Waals surface area contributed by atoms with E-state index in [0.717, 1.165) is 38.5 Å². The van der Waals surface area contributed by atoms with Crippen molar-refractivity contribution in [2.45, 2.75) is 82.8 Å². The number of ketones is 1. The molecular formula is C28H36FN3O2. The molecule has 2 saturated carbocycles. The summed E-state index contributed by atoms with van der Waals surface area (Å²) in [5.74, 6) is 0.396. The van der Waals surface area contributed by atoms with Crippen LogP contribution in [-0.4, -0.2) is 29.9 Å². The summed E-state index contributed by atoms with van der Waals surface area (Å²) in [6.07, 6.45) is 9.98. The molecule has 2 aromatic carbocycles. The number of hydrogen-bond acceptors (Lipinski definition) is 3. The van der Waals surface area contributed by atoms with Crippen molar-refractivity contribution in [2.24, 2.45) is 5.92 Å². The van der Waals surface area contributed by atoms with E-state index in [1.54, 1.807) is 36.4 Å². The zero-order valence-corrected chi connectivity index (χ0v) is 20.0. The van der Waals surface area contributed by atoms with Crippen molar-refractivity contribution in [1.82, 2.24) is 10.6 Å². The van der Waals surface area contributed by atoms with E-state index < -0.39 is 0 Å². The molecule has 0 aliphatic heterocycles. The van der Waals surface area contributed by atoms with E-state index in [0.29, 0.717) is 23.2 Å². The zero-order valence-electron chi connectivity index (χ0n) is 20.0. The van der Waals surface area contributed by atoms with Gasteiger partial charge in [0.2, 0.25) is 0 Å². The van der Waals surface area contributed by atoms with Gasteiger partial charge in [0.15, 0.2) is 5.78 Å². The van der Waals surface area contributed by atoms with E-state index >= 15 is 0 Å². The molecule has 0 bridgehead atoms. The molecule has 0 heterocycles. The molecule has 0 aromatic heterocycles. The van der Waals surface area contributed by atoms with Crippen LogP contribution in [0.3, 0.4) is 0 Å². The standard InChI is InChI=1S/C28H36FN3O2/c1-19(33)22-7-5-9-25(18-22)31-28(34)32-27-11-3-2-10-26(27)30-24-8-4-6-21(17-24)16-20-12-14-23(29)15-13-20/h5,7,9,12-15,18,21,24,26-27,30H,2-4,6,8,10-11,16-17H2,1H3,(H2,31,32,34). The van der Waals surface area contributed by atoms with Crippen LogP contribution in [0.1, 0.15) is 74.2 Å². The van der Waals surface area contributed by atoms with Crippen LogP contribution >= 0.6 is 0 Å². The summed E-state index contributed by atoms with van der Waals surface area (Å²) in [5.41, 5.74) is 2.42. The molecule has 2 aromatic rings. The highest BCUT2D eigenvalue weighted by Crippen LogP contribution is 2.29. The molecule has 4 rings (SSSR count). The zero-order chi connectivity index (χ0) is 23.9. The van der Waals surface area contributed by atoms with Crippen molar-refractivity contribution in [2.75, 3.05) is 5.32 Å². The second kappa shape index (κ2) is 11.6. The lowest BCUT2D eigenvalue weighted by Gasteiger charge is -2.38. The molecule has 182 valence electrons. The van der Waals surface area contributed by atoms with Gasteiger partial charge in [-0.15, -0.1) is 0 Å². The number of anilines is 1. The van der Waals surface area contributed by atoms with Crippen molar-refractivity contribution in [3.05, 3.63) is 65.5 Å². The van der Waals surface area contributed by atoms with Gasteiger partial charge in [0.1, 0.15) is 5.82 Å². The van der Waals surface area contributed by atoms with Gasteiger partial charge in [-0.1, -0.05) is 49.9 Å². The molecule has 0 saturated heterocycles. The predicted molar refractivity (Wildman–Crippen MR) is 134 cm³/mol. The minimum absolute atomic E-state index is 0.0224. The lowest BCUT2D eigenvalue weighted by Crippen LogP contribution is -2.55. The van der Waals surface area contributed by atoms with Crippen molar-refractivity contribution in [1.29, 1.82) is 0 Å². The molecule has 4 unspecified atom stereocenters. The second-order valence-corrected chi connectivity index (χ2v) is 9.96. The maximum Gasteiger partial charge on any atom is 0.319 e. The summed E-state index contributed by atoms with van der Waals surface area (Å²) >= 11 is 0. The smallest absolute Gasteiger partial charge is 0.319 e. The van der Waals surface area contributed by atoms with Gasteiger partial charge in [0.25, 0.3) is 0 Å². The predicted octanol–water partition coefficient (Wildman–Crippen LogP) is 5.85. The summed E-state index contributed by atoms with van der Waals surface area (Å²) in [6, 6.07) is 14.5. The van der Waals surface area contributed by atoms with Crippen LogP contribution in [-0.2, 0) is 6.42 Å². The van der Waals surface area contributed by atoms with Crippen LogP contribution in [0.4, 0.5) is 14.9 Å². The molecule has 2 aliphatic rings. The van der Waals surface area contributed by atoms with Crippen LogP contribution in [0.25, 0.3) is 0 Å². The number of carbonyl (C=O) groups is 2. The molecule has 4 atom stereocenters. The highest BCUT2D eigenvalue weighted by atomic mass is 19.1. The van der Waals surface area contributed by atoms with Gasteiger partial charge >= 0.3 is 6.03 Å². The third-order valence-corrected chi connectivity index (χ3v) is 7.28. The summed E-state index contributed by atoms with van der Waals surface area (Å²) in [5, 5.41) is 9.95. The van der Waals surface area contributed by atoms with Gasteiger partial charge in [0, 0.05) is 29.4 Å². The molecule has 0 spiro atoms. The average Bonchev–Trinajstić information content (AvgIpc) is 2.82. The van der Waals surface area contributed by atoms with Crippen LogP contribution in [0.2, 0.25) is 0 Å². The molecule has 2 fully saturated rings. The van der Waals surface area contributed by atoms with E-state index in [2.05, 4.69) is 16.0 Å². The second-order valence-electron chi connectivity index (χ2n) is 9.96. The molecule has 5 nitrogen and oxygen atoms in total. The van der Waals surface area contributed by atoms with E-state index in [4.69, 9.17) is 0 Å². The minimum Gasteiger partial charge on any atom is -0.334 e. The molecule has 6 heteroatoms. The minimum atomic E-state index is -0.225. The fourth-order valence-corrected chi connectivity index (χ4v) is 5.54. The van der Waals surface area contributed by atoms with Crippen LogP contribution < -0.4 is 16.0 Å². The highest BCUT2D eigenvalue weighted by Gasteiger charge is 2.30. The third kappa shape index (κ3) is 6.89. The summed E-state index contributed by atoms with van der Waals surface area (Å²) < 4.78 is 13.2. The quantitative estimate of drug-likeness (QED) is 0.449. The van der Waals surface area contributed by atoms with Crippen molar-refractivity contribution >= 4 is 17.5 Å². The summed E-state index contributed by atoms with van der Waals surface area (Å²) in [7, 11) is 0. The van der Waals surface area contributed by atoms with Gasteiger partial charge in [-0.25, -0.2) is 9.18 Å². The van der Waals surface area contributed by atoms with Crippen molar-refractivity contribution in [3.8, 4) is 0 Å². The molecule has 34 heavy (non-hydrogen) atoms. The van der Waals surface area contributed by atoms with Crippen molar-refractivity contribution in [3.63, 3.8) is 0 Å². The first kappa shape index (κ1) is 24.4. The normalized spacial score (nSPS) is 24.9. The maximum atomic E-state index is 13.2. The monoisotopic (exact) mass is 465 g/mol. The molecule has 2 aliphatic carbocycles. The molecule has 3 N–H and O–H groups in total. The van der Waals surface area contributed by atoms with Gasteiger partial charge in [-0.2, -0.15) is 0 Å². The van der Waals surface area contributed by atoms with Gasteiger partial charge in [-0.05, 0) is 74.8 Å². The van der Waals surface area contributed by atoms with E-state index in [1.807, 2.05) is 12.1 Å². The number of benzene rings is 2. The van der Waals surface area contributed by atoms with Gasteiger partial charge in [-0.3, -0.25) is 4.79 Å². The largest absolute Gasteiger partial charge is 0.334 e. The van der Waals surface area contributed by atoms with Gasteiger partial charge < -0.3 is 16.0 Å². The number of Topliss-reactive ketones (excluding diaryl/α,β-unsaturated/α-hetero) is 1. The fourth-order valence-electron chi connectivity index (χ4n) is 5.54. The average molecular weight is 466 g/mol. The number of halogens is 1. The first-order valence-electron chi connectivity index (χ1n) is 12.7. The lowest BCUT2D eigenvalue weighted by atomic mass is 9.81. The SMILES string of the molecule is CC(=O)c1cccc(NC(=O)NC2CCCCC2NC2CCCC(Cc3ccc(F)cc3)C2)c1. The Hall–Kier alpha value is -2.73. The molecular weight excluding hydrogens is 429 g/mol. The Kier molecular flexibility index (Phi) is 8.33. The summed E-state index contributed by atoms with van der Waals surface area (Å²) in [6.45, 7) is 1.52. The Morgan fingerprint density at radius 3 is 2.47 bits per heavy atom. The van der Waals surface area contributed by atoms with Crippen LogP contribution in [0, 0.1) is 11.7 Å². The Bertz CT molecular complexity index is 978.